The highest BCUT2D eigenvalue weighted by molar-refractivity contribution is 5.66. The van der Waals surface area contributed by atoms with Crippen molar-refractivity contribution in [3.05, 3.63) is 72.7 Å². The maximum absolute atomic E-state index is 5.46. The molecule has 1 fully saturated rings. The summed E-state index contributed by atoms with van der Waals surface area (Å²) in [6, 6.07) is 16.7. The average molecular weight is 346 g/mol. The van der Waals surface area contributed by atoms with E-state index in [1.165, 1.54) is 11.1 Å². The van der Waals surface area contributed by atoms with Gasteiger partial charge in [-0.15, -0.1) is 0 Å². The predicted molar refractivity (Wildman–Crippen MR) is 104 cm³/mol. The third-order valence-corrected chi connectivity index (χ3v) is 4.52. The van der Waals surface area contributed by atoms with Crippen molar-refractivity contribution >= 4 is 11.5 Å². The molecule has 0 aliphatic carbocycles. The van der Waals surface area contributed by atoms with Crippen LogP contribution in [0.2, 0.25) is 0 Å². The Morgan fingerprint density at radius 3 is 2.65 bits per heavy atom. The summed E-state index contributed by atoms with van der Waals surface area (Å²) >= 11 is 0. The van der Waals surface area contributed by atoms with Crippen molar-refractivity contribution < 1.29 is 4.74 Å². The van der Waals surface area contributed by atoms with Crippen LogP contribution in [-0.4, -0.2) is 36.3 Å². The van der Waals surface area contributed by atoms with Crippen LogP contribution in [0, 0.1) is 0 Å². The Labute approximate surface area is 153 Å². The minimum Gasteiger partial charge on any atom is -0.378 e. The van der Waals surface area contributed by atoms with Crippen molar-refractivity contribution in [1.29, 1.82) is 0 Å². The molecule has 0 unspecified atom stereocenters. The summed E-state index contributed by atoms with van der Waals surface area (Å²) in [6.45, 7) is 4.05. The third kappa shape index (κ3) is 3.83. The number of pyridine rings is 2. The van der Waals surface area contributed by atoms with E-state index in [-0.39, 0.29) is 0 Å². The quantitative estimate of drug-likeness (QED) is 0.765. The van der Waals surface area contributed by atoms with Crippen LogP contribution < -0.4 is 10.2 Å². The molecule has 1 aliphatic heterocycles. The molecule has 4 rings (SSSR count). The van der Waals surface area contributed by atoms with Gasteiger partial charge in [-0.05, 0) is 41.0 Å². The van der Waals surface area contributed by atoms with Crippen LogP contribution in [0.4, 0.5) is 11.5 Å². The largest absolute Gasteiger partial charge is 0.378 e. The maximum atomic E-state index is 5.46. The lowest BCUT2D eigenvalue weighted by Gasteiger charge is -2.30. The summed E-state index contributed by atoms with van der Waals surface area (Å²) < 4.78 is 5.46. The van der Waals surface area contributed by atoms with E-state index in [0.717, 1.165) is 49.9 Å². The molecule has 0 amide bonds. The van der Waals surface area contributed by atoms with Crippen LogP contribution in [0.5, 0.6) is 0 Å². The van der Waals surface area contributed by atoms with Crippen molar-refractivity contribution in [2.45, 2.75) is 6.54 Å². The van der Waals surface area contributed by atoms with Gasteiger partial charge in [0.05, 0.1) is 18.9 Å². The molecule has 3 aromatic rings. The molecule has 0 radical (unpaired) electrons. The van der Waals surface area contributed by atoms with Crippen LogP contribution in [0.1, 0.15) is 5.56 Å². The Morgan fingerprint density at radius 2 is 1.81 bits per heavy atom. The van der Waals surface area contributed by atoms with E-state index in [1.807, 2.05) is 24.5 Å². The minimum absolute atomic E-state index is 0.725. The lowest BCUT2D eigenvalue weighted by molar-refractivity contribution is 0.122. The maximum Gasteiger partial charge on any atom is 0.149 e. The molecule has 3 heterocycles. The monoisotopic (exact) mass is 346 g/mol. The van der Waals surface area contributed by atoms with E-state index < -0.39 is 0 Å². The number of hydrogen-bond donors (Lipinski definition) is 1. The van der Waals surface area contributed by atoms with Crippen LogP contribution in [0.15, 0.2) is 67.1 Å². The molecule has 0 atom stereocenters. The first-order chi connectivity index (χ1) is 12.9. The van der Waals surface area contributed by atoms with Crippen molar-refractivity contribution in [1.82, 2.24) is 9.97 Å². The topological polar surface area (TPSA) is 50.3 Å². The first-order valence-electron chi connectivity index (χ1n) is 8.91. The van der Waals surface area contributed by atoms with Gasteiger partial charge in [0.15, 0.2) is 0 Å². The Bertz CT molecular complexity index is 847. The number of rotatable bonds is 5. The van der Waals surface area contributed by atoms with E-state index in [2.05, 4.69) is 56.6 Å². The van der Waals surface area contributed by atoms with Crippen molar-refractivity contribution in [2.24, 2.45) is 0 Å². The summed E-state index contributed by atoms with van der Waals surface area (Å²) in [4.78, 5) is 11.1. The Morgan fingerprint density at radius 1 is 0.962 bits per heavy atom. The second-order valence-electron chi connectivity index (χ2n) is 6.27. The zero-order valence-electron chi connectivity index (χ0n) is 14.6. The highest BCUT2D eigenvalue weighted by Crippen LogP contribution is 2.25. The summed E-state index contributed by atoms with van der Waals surface area (Å²) in [5, 5.41) is 3.50. The van der Waals surface area contributed by atoms with Gasteiger partial charge < -0.3 is 15.0 Å². The first kappa shape index (κ1) is 16.5. The van der Waals surface area contributed by atoms with Gasteiger partial charge in [0.2, 0.25) is 0 Å². The molecule has 26 heavy (non-hydrogen) atoms. The van der Waals surface area contributed by atoms with Crippen LogP contribution in [0.25, 0.3) is 11.1 Å². The molecule has 1 aliphatic rings. The molecular weight excluding hydrogens is 324 g/mol. The van der Waals surface area contributed by atoms with Gasteiger partial charge in [-0.25, -0.2) is 4.98 Å². The second-order valence-corrected chi connectivity index (χ2v) is 6.27. The molecule has 0 saturated carbocycles. The van der Waals surface area contributed by atoms with Crippen molar-refractivity contribution in [3.8, 4) is 11.1 Å². The van der Waals surface area contributed by atoms with Crippen LogP contribution in [0.3, 0.4) is 0 Å². The normalized spacial score (nSPS) is 14.2. The summed E-state index contributed by atoms with van der Waals surface area (Å²) in [5.41, 5.74) is 4.65. The molecule has 1 aromatic carbocycles. The van der Waals surface area contributed by atoms with E-state index >= 15 is 0 Å². The van der Waals surface area contributed by atoms with E-state index in [1.54, 1.807) is 6.20 Å². The SMILES string of the molecule is c1cncc(-c2cccc(CNc3ncccc3N3CCOCC3)c2)c1. The van der Waals surface area contributed by atoms with E-state index in [4.69, 9.17) is 4.74 Å². The Kier molecular flexibility index (Phi) is 5.07. The standard InChI is InChI=1S/C21H22N4O/c1-4-17(14-18(5-1)19-6-2-8-22-16-19)15-24-21-20(7-3-9-23-21)25-10-12-26-13-11-25/h1-9,14,16H,10-13,15H2,(H,23,24). The molecule has 2 aromatic heterocycles. The lowest BCUT2D eigenvalue weighted by Crippen LogP contribution is -2.36. The summed E-state index contributed by atoms with van der Waals surface area (Å²) in [7, 11) is 0. The van der Waals surface area contributed by atoms with Crippen LogP contribution >= 0.6 is 0 Å². The number of morpholine rings is 1. The van der Waals surface area contributed by atoms with Gasteiger partial charge in [-0.1, -0.05) is 24.3 Å². The summed E-state index contributed by atoms with van der Waals surface area (Å²) in [5.74, 6) is 0.918. The molecule has 0 spiro atoms. The smallest absolute Gasteiger partial charge is 0.149 e. The lowest BCUT2D eigenvalue weighted by atomic mass is 10.0. The molecule has 5 heteroatoms. The number of benzene rings is 1. The Balaban J connectivity index is 1.50. The van der Waals surface area contributed by atoms with E-state index in [0.29, 0.717) is 0 Å². The highest BCUT2D eigenvalue weighted by Gasteiger charge is 2.15. The fraction of sp³-hybridized carbons (Fsp3) is 0.238. The zero-order chi connectivity index (χ0) is 17.6. The van der Waals surface area contributed by atoms with E-state index in [9.17, 15) is 0 Å². The predicted octanol–water partition coefficient (Wildman–Crippen LogP) is 3.59. The molecule has 5 nitrogen and oxygen atoms in total. The highest BCUT2D eigenvalue weighted by atomic mass is 16.5. The number of ether oxygens (including phenoxy) is 1. The number of anilines is 2. The van der Waals surface area contributed by atoms with Crippen molar-refractivity contribution in [2.75, 3.05) is 36.5 Å². The van der Waals surface area contributed by atoms with Gasteiger partial charge in [0.25, 0.3) is 0 Å². The molecular formula is C21H22N4O. The minimum atomic E-state index is 0.725. The number of hydrogen-bond acceptors (Lipinski definition) is 5. The fourth-order valence-corrected chi connectivity index (χ4v) is 3.17. The third-order valence-electron chi connectivity index (χ3n) is 4.52. The zero-order valence-corrected chi connectivity index (χ0v) is 14.6. The number of aromatic nitrogens is 2. The fourth-order valence-electron chi connectivity index (χ4n) is 3.17. The van der Waals surface area contributed by atoms with Crippen LogP contribution in [-0.2, 0) is 11.3 Å². The second kappa shape index (κ2) is 7.97. The molecule has 0 bridgehead atoms. The molecule has 1 N–H and O–H groups in total. The van der Waals surface area contributed by atoms with Gasteiger partial charge in [-0.2, -0.15) is 0 Å². The molecule has 1 saturated heterocycles. The number of nitrogens with one attached hydrogen (secondary N) is 1. The van der Waals surface area contributed by atoms with Gasteiger partial charge in [-0.3, -0.25) is 4.98 Å². The van der Waals surface area contributed by atoms with Gasteiger partial charge >= 0.3 is 0 Å². The average Bonchev–Trinajstić information content (AvgIpc) is 2.74. The van der Waals surface area contributed by atoms with Crippen molar-refractivity contribution in [3.63, 3.8) is 0 Å². The van der Waals surface area contributed by atoms with Gasteiger partial charge in [0, 0.05) is 38.2 Å². The first-order valence-corrected chi connectivity index (χ1v) is 8.91. The molecule has 132 valence electrons. The van der Waals surface area contributed by atoms with Gasteiger partial charge in [0.1, 0.15) is 5.82 Å². The number of nitrogens with zero attached hydrogens (tertiary/aromatic N) is 3. The summed E-state index contributed by atoms with van der Waals surface area (Å²) in [6.07, 6.45) is 5.52. The Hall–Kier alpha value is -2.92.